The number of hydrogen-bond donors (Lipinski definition) is 1. The highest BCUT2D eigenvalue weighted by Crippen LogP contribution is 2.00. The summed E-state index contributed by atoms with van der Waals surface area (Å²) in [6.07, 6.45) is 5.54. The first-order chi connectivity index (χ1) is 6.31. The molecule has 0 saturated carbocycles. The van der Waals surface area contributed by atoms with Crippen LogP contribution in [0.2, 0.25) is 0 Å². The molecular weight excluding hydrogens is 176 g/mol. The van der Waals surface area contributed by atoms with Gasteiger partial charge in [0.25, 0.3) is 0 Å². The van der Waals surface area contributed by atoms with E-state index >= 15 is 0 Å². The van der Waals surface area contributed by atoms with Crippen LogP contribution in [0.25, 0.3) is 0 Å². The Bertz CT molecular complexity index is 178. The quantitative estimate of drug-likeness (QED) is 0.531. The van der Waals surface area contributed by atoms with E-state index in [-0.39, 0.29) is 0 Å². The summed E-state index contributed by atoms with van der Waals surface area (Å²) in [5.41, 5.74) is 0. The third-order valence-corrected chi connectivity index (χ3v) is 2.01. The number of unbranched alkanes of at least 4 members (excludes halogenated alkanes) is 3. The van der Waals surface area contributed by atoms with Crippen LogP contribution in [0.15, 0.2) is 35.2 Å². The van der Waals surface area contributed by atoms with Crippen molar-refractivity contribution in [2.24, 2.45) is 0 Å². The second kappa shape index (κ2) is 9.66. The smallest absolute Gasteiger partial charge is 0.00399 e. The molecule has 0 radical (unpaired) electrons. The standard InChI is InChI=1S/C6H6S.C6H14/c7-6-4-2-1-3-5-6;1-3-5-6-4-2/h1-5,7H;3-6H2,1-2H3. The van der Waals surface area contributed by atoms with Gasteiger partial charge in [-0.3, -0.25) is 0 Å². The zero-order valence-corrected chi connectivity index (χ0v) is 9.56. The predicted molar refractivity (Wildman–Crippen MR) is 63.5 cm³/mol. The maximum atomic E-state index is 4.08. The van der Waals surface area contributed by atoms with E-state index in [0.29, 0.717) is 0 Å². The van der Waals surface area contributed by atoms with Crippen LogP contribution >= 0.6 is 12.6 Å². The number of thiol groups is 1. The molecule has 0 nitrogen and oxygen atoms in total. The minimum atomic E-state index is 1.02. The van der Waals surface area contributed by atoms with Crippen molar-refractivity contribution in [3.63, 3.8) is 0 Å². The largest absolute Gasteiger partial charge is 0.143 e. The van der Waals surface area contributed by atoms with Crippen molar-refractivity contribution < 1.29 is 0 Å². The fourth-order valence-corrected chi connectivity index (χ4v) is 1.10. The van der Waals surface area contributed by atoms with Crippen molar-refractivity contribution in [3.05, 3.63) is 30.3 Å². The summed E-state index contributed by atoms with van der Waals surface area (Å²) < 4.78 is 0. The maximum Gasteiger partial charge on any atom is 0.00399 e. The van der Waals surface area contributed by atoms with E-state index in [0.717, 1.165) is 4.90 Å². The zero-order valence-electron chi connectivity index (χ0n) is 8.66. The molecular formula is C12H20S. The van der Waals surface area contributed by atoms with E-state index in [1.807, 2.05) is 30.3 Å². The van der Waals surface area contributed by atoms with Gasteiger partial charge in [-0.25, -0.2) is 0 Å². The van der Waals surface area contributed by atoms with Crippen LogP contribution in [0.3, 0.4) is 0 Å². The molecule has 0 spiro atoms. The lowest BCUT2D eigenvalue weighted by molar-refractivity contribution is 0.702. The molecule has 1 rings (SSSR count). The van der Waals surface area contributed by atoms with Gasteiger partial charge in [0.05, 0.1) is 0 Å². The molecule has 1 aromatic rings. The zero-order chi connectivity index (χ0) is 9.94. The second-order valence-electron chi connectivity index (χ2n) is 3.04. The van der Waals surface area contributed by atoms with Crippen LogP contribution in [-0.4, -0.2) is 0 Å². The summed E-state index contributed by atoms with van der Waals surface area (Å²) >= 11 is 4.08. The normalized spacial score (nSPS) is 8.85. The van der Waals surface area contributed by atoms with Crippen LogP contribution in [-0.2, 0) is 0 Å². The molecule has 0 bridgehead atoms. The molecule has 0 amide bonds. The van der Waals surface area contributed by atoms with E-state index in [9.17, 15) is 0 Å². The molecule has 13 heavy (non-hydrogen) atoms. The van der Waals surface area contributed by atoms with Crippen molar-refractivity contribution in [1.82, 2.24) is 0 Å². The average Bonchev–Trinajstić information content (AvgIpc) is 2.17. The molecule has 0 aliphatic carbocycles. The van der Waals surface area contributed by atoms with Gasteiger partial charge in [0.2, 0.25) is 0 Å². The Morgan fingerprint density at radius 1 is 0.923 bits per heavy atom. The van der Waals surface area contributed by atoms with Crippen molar-refractivity contribution in [3.8, 4) is 0 Å². The third-order valence-electron chi connectivity index (χ3n) is 1.71. The lowest BCUT2D eigenvalue weighted by Crippen LogP contribution is -1.66. The van der Waals surface area contributed by atoms with Crippen molar-refractivity contribution >= 4 is 12.6 Å². The summed E-state index contributed by atoms with van der Waals surface area (Å²) in [6, 6.07) is 9.79. The van der Waals surface area contributed by atoms with E-state index in [2.05, 4.69) is 26.5 Å². The Labute approximate surface area is 87.8 Å². The Balaban J connectivity index is 0.000000226. The van der Waals surface area contributed by atoms with Crippen LogP contribution in [0.1, 0.15) is 39.5 Å². The molecule has 1 aromatic carbocycles. The van der Waals surface area contributed by atoms with Gasteiger partial charge in [0.15, 0.2) is 0 Å². The molecule has 0 aliphatic heterocycles. The van der Waals surface area contributed by atoms with Gasteiger partial charge in [-0.05, 0) is 12.1 Å². The minimum Gasteiger partial charge on any atom is -0.143 e. The fourth-order valence-electron chi connectivity index (χ4n) is 0.928. The molecule has 0 heterocycles. The number of rotatable bonds is 3. The van der Waals surface area contributed by atoms with E-state index in [4.69, 9.17) is 0 Å². The first kappa shape index (κ1) is 12.6. The summed E-state index contributed by atoms with van der Waals surface area (Å²) in [4.78, 5) is 1.02. The van der Waals surface area contributed by atoms with Crippen molar-refractivity contribution in [1.29, 1.82) is 0 Å². The molecule has 74 valence electrons. The van der Waals surface area contributed by atoms with Gasteiger partial charge >= 0.3 is 0 Å². The fraction of sp³-hybridized carbons (Fsp3) is 0.500. The minimum absolute atomic E-state index is 1.02. The Hall–Kier alpha value is -0.430. The molecule has 0 unspecified atom stereocenters. The van der Waals surface area contributed by atoms with Gasteiger partial charge in [0.1, 0.15) is 0 Å². The van der Waals surface area contributed by atoms with Crippen molar-refractivity contribution in [2.45, 2.75) is 44.4 Å². The summed E-state index contributed by atoms with van der Waals surface area (Å²) in [5.74, 6) is 0. The summed E-state index contributed by atoms with van der Waals surface area (Å²) in [5, 5.41) is 0. The monoisotopic (exact) mass is 196 g/mol. The average molecular weight is 196 g/mol. The first-order valence-corrected chi connectivity index (χ1v) is 5.50. The second-order valence-corrected chi connectivity index (χ2v) is 3.56. The van der Waals surface area contributed by atoms with Crippen molar-refractivity contribution in [2.75, 3.05) is 0 Å². The molecule has 1 heteroatoms. The maximum absolute atomic E-state index is 4.08. The predicted octanol–water partition coefficient (Wildman–Crippen LogP) is 4.56. The molecule has 0 aromatic heterocycles. The SMILES string of the molecule is CCCCCC.Sc1ccccc1. The number of hydrogen-bond acceptors (Lipinski definition) is 1. The lowest BCUT2D eigenvalue weighted by Gasteiger charge is -1.86. The summed E-state index contributed by atoms with van der Waals surface area (Å²) in [7, 11) is 0. The third kappa shape index (κ3) is 9.48. The Kier molecular flexibility index (Phi) is 9.34. The molecule has 0 aliphatic rings. The molecule has 0 saturated heterocycles. The summed E-state index contributed by atoms with van der Waals surface area (Å²) in [6.45, 7) is 4.46. The highest BCUT2D eigenvalue weighted by Gasteiger charge is 1.75. The van der Waals surface area contributed by atoms with E-state index in [1.54, 1.807) is 0 Å². The molecule has 0 atom stereocenters. The Morgan fingerprint density at radius 3 is 1.62 bits per heavy atom. The van der Waals surface area contributed by atoms with E-state index < -0.39 is 0 Å². The van der Waals surface area contributed by atoms with Gasteiger partial charge in [-0.2, -0.15) is 0 Å². The highest BCUT2D eigenvalue weighted by atomic mass is 32.1. The Morgan fingerprint density at radius 2 is 1.38 bits per heavy atom. The first-order valence-electron chi connectivity index (χ1n) is 5.05. The van der Waals surface area contributed by atoms with Gasteiger partial charge in [-0.15, -0.1) is 12.6 Å². The van der Waals surface area contributed by atoms with Crippen LogP contribution in [0.4, 0.5) is 0 Å². The van der Waals surface area contributed by atoms with Gasteiger partial charge < -0.3 is 0 Å². The van der Waals surface area contributed by atoms with E-state index in [1.165, 1.54) is 25.7 Å². The highest BCUT2D eigenvalue weighted by molar-refractivity contribution is 7.80. The molecule has 0 N–H and O–H groups in total. The van der Waals surface area contributed by atoms with Gasteiger partial charge in [0, 0.05) is 4.90 Å². The van der Waals surface area contributed by atoms with Crippen LogP contribution in [0, 0.1) is 0 Å². The lowest BCUT2D eigenvalue weighted by atomic mass is 10.2. The van der Waals surface area contributed by atoms with Gasteiger partial charge in [-0.1, -0.05) is 57.7 Å². The van der Waals surface area contributed by atoms with Crippen LogP contribution in [0.5, 0.6) is 0 Å². The topological polar surface area (TPSA) is 0 Å². The number of benzene rings is 1. The molecule has 0 fully saturated rings. The van der Waals surface area contributed by atoms with Crippen LogP contribution < -0.4 is 0 Å².